The van der Waals surface area contributed by atoms with E-state index >= 15 is 0 Å². The zero-order valence-corrected chi connectivity index (χ0v) is 14.4. The van der Waals surface area contributed by atoms with Gasteiger partial charge in [-0.15, -0.1) is 0 Å². The number of rotatable bonds is 5. The number of halogens is 1. The molecule has 0 spiro atoms. The molecule has 2 atom stereocenters. The first kappa shape index (κ1) is 18.0. The van der Waals surface area contributed by atoms with E-state index in [1.165, 1.54) is 0 Å². The quantitative estimate of drug-likeness (QED) is 0.893. The average Bonchev–Trinajstić information content (AvgIpc) is 2.34. The van der Waals surface area contributed by atoms with Crippen LogP contribution in [0.15, 0.2) is 24.3 Å². The number of carbonyl (C=O) groups excluding carboxylic acids is 1. The summed E-state index contributed by atoms with van der Waals surface area (Å²) in [5, 5.41) is 0.685. The van der Waals surface area contributed by atoms with Crippen LogP contribution >= 0.6 is 11.6 Å². The van der Waals surface area contributed by atoms with E-state index in [0.717, 1.165) is 12.0 Å². The summed E-state index contributed by atoms with van der Waals surface area (Å²) in [5.41, 5.74) is 7.26. The Labute approximate surface area is 133 Å². The fourth-order valence-corrected chi connectivity index (χ4v) is 2.63. The Bertz CT molecular complexity index is 482. The van der Waals surface area contributed by atoms with Crippen LogP contribution in [0.2, 0.25) is 5.02 Å². The van der Waals surface area contributed by atoms with Gasteiger partial charge in [-0.05, 0) is 36.5 Å². The van der Waals surface area contributed by atoms with Crippen molar-refractivity contribution in [2.75, 3.05) is 7.05 Å². The number of nitrogens with two attached hydrogens (primary N) is 1. The first-order valence-electron chi connectivity index (χ1n) is 7.37. The zero-order chi connectivity index (χ0) is 16.2. The van der Waals surface area contributed by atoms with Crippen LogP contribution in [0.1, 0.15) is 52.1 Å². The predicted molar refractivity (Wildman–Crippen MR) is 89.3 cm³/mol. The van der Waals surface area contributed by atoms with Crippen LogP contribution in [0.5, 0.6) is 0 Å². The van der Waals surface area contributed by atoms with Gasteiger partial charge in [0, 0.05) is 24.5 Å². The normalized spacial score (nSPS) is 14.6. The second kappa shape index (κ2) is 7.28. The highest BCUT2D eigenvalue weighted by Crippen LogP contribution is 2.24. The molecular weight excluding hydrogens is 284 g/mol. The average molecular weight is 311 g/mol. The van der Waals surface area contributed by atoms with Crippen molar-refractivity contribution in [1.29, 1.82) is 0 Å². The van der Waals surface area contributed by atoms with Crippen LogP contribution in [0.25, 0.3) is 0 Å². The van der Waals surface area contributed by atoms with E-state index in [9.17, 15) is 4.79 Å². The molecule has 1 amide bonds. The van der Waals surface area contributed by atoms with E-state index in [-0.39, 0.29) is 23.4 Å². The lowest BCUT2D eigenvalue weighted by atomic mass is 9.87. The molecule has 0 aromatic heterocycles. The maximum atomic E-state index is 12.4. The van der Waals surface area contributed by atoms with Crippen LogP contribution in [0, 0.1) is 5.41 Å². The van der Waals surface area contributed by atoms with Gasteiger partial charge in [-0.25, -0.2) is 0 Å². The predicted octanol–water partition coefficient (Wildman–Crippen LogP) is 4.01. The molecule has 3 nitrogen and oxygen atoms in total. The largest absolute Gasteiger partial charge is 0.339 e. The third-order valence-electron chi connectivity index (χ3n) is 3.62. The summed E-state index contributed by atoms with van der Waals surface area (Å²) in [6, 6.07) is 7.49. The molecule has 1 aromatic rings. The van der Waals surface area contributed by atoms with Gasteiger partial charge in [0.25, 0.3) is 0 Å². The Morgan fingerprint density at radius 2 is 2.00 bits per heavy atom. The standard InChI is InChI=1S/C17H27ClN2O/c1-12(13-7-6-8-14(18)9-13)20(5)16(21)10-15(19)11-17(2,3)4/h6-9,12,15H,10-11,19H2,1-5H3. The fraction of sp³-hybridized carbons (Fsp3) is 0.588. The molecular formula is C17H27ClN2O. The summed E-state index contributed by atoms with van der Waals surface area (Å²) >= 11 is 6.01. The molecule has 1 aromatic carbocycles. The van der Waals surface area contributed by atoms with Crippen molar-refractivity contribution in [3.05, 3.63) is 34.9 Å². The monoisotopic (exact) mass is 310 g/mol. The molecule has 0 saturated carbocycles. The molecule has 0 bridgehead atoms. The van der Waals surface area contributed by atoms with Crippen molar-refractivity contribution in [3.63, 3.8) is 0 Å². The van der Waals surface area contributed by atoms with Crippen LogP contribution in [-0.2, 0) is 4.79 Å². The molecule has 21 heavy (non-hydrogen) atoms. The highest BCUT2D eigenvalue weighted by atomic mass is 35.5. The summed E-state index contributed by atoms with van der Waals surface area (Å²) in [6.45, 7) is 8.40. The SMILES string of the molecule is CC(c1cccc(Cl)c1)N(C)C(=O)CC(N)CC(C)(C)C. The lowest BCUT2D eigenvalue weighted by Crippen LogP contribution is -2.36. The first-order chi connectivity index (χ1) is 9.60. The van der Waals surface area contributed by atoms with Gasteiger partial charge in [0.1, 0.15) is 0 Å². The van der Waals surface area contributed by atoms with Gasteiger partial charge < -0.3 is 10.6 Å². The summed E-state index contributed by atoms with van der Waals surface area (Å²) in [4.78, 5) is 14.1. The third kappa shape index (κ3) is 6.06. The maximum Gasteiger partial charge on any atom is 0.224 e. The Hall–Kier alpha value is -1.06. The Kier molecular flexibility index (Phi) is 6.24. The van der Waals surface area contributed by atoms with Crippen molar-refractivity contribution in [2.24, 2.45) is 11.1 Å². The van der Waals surface area contributed by atoms with E-state index in [1.54, 1.807) is 4.90 Å². The second-order valence-electron chi connectivity index (χ2n) is 6.96. The van der Waals surface area contributed by atoms with Crippen LogP contribution in [0.3, 0.4) is 0 Å². The minimum absolute atomic E-state index is 0.0157. The van der Waals surface area contributed by atoms with E-state index < -0.39 is 0 Å². The molecule has 0 radical (unpaired) electrons. The molecule has 0 fully saturated rings. The lowest BCUT2D eigenvalue weighted by Gasteiger charge is -2.28. The Morgan fingerprint density at radius 3 is 2.52 bits per heavy atom. The van der Waals surface area contributed by atoms with Gasteiger partial charge in [-0.1, -0.05) is 44.5 Å². The van der Waals surface area contributed by atoms with Gasteiger partial charge in [0.2, 0.25) is 5.91 Å². The summed E-state index contributed by atoms with van der Waals surface area (Å²) in [7, 11) is 1.82. The van der Waals surface area contributed by atoms with Gasteiger partial charge in [0.05, 0.1) is 6.04 Å². The van der Waals surface area contributed by atoms with E-state index in [1.807, 2.05) is 38.2 Å². The summed E-state index contributed by atoms with van der Waals surface area (Å²) < 4.78 is 0. The van der Waals surface area contributed by atoms with Crippen molar-refractivity contribution in [2.45, 2.75) is 52.6 Å². The number of benzene rings is 1. The van der Waals surface area contributed by atoms with E-state index in [4.69, 9.17) is 17.3 Å². The maximum absolute atomic E-state index is 12.4. The molecule has 0 heterocycles. The van der Waals surface area contributed by atoms with Gasteiger partial charge >= 0.3 is 0 Å². The van der Waals surface area contributed by atoms with Crippen LogP contribution < -0.4 is 5.73 Å². The van der Waals surface area contributed by atoms with Crippen molar-refractivity contribution < 1.29 is 4.79 Å². The first-order valence-corrected chi connectivity index (χ1v) is 7.74. The Balaban J connectivity index is 2.65. The number of hydrogen-bond acceptors (Lipinski definition) is 2. The van der Waals surface area contributed by atoms with E-state index in [2.05, 4.69) is 20.8 Å². The highest BCUT2D eigenvalue weighted by Gasteiger charge is 2.22. The molecule has 0 saturated heterocycles. The number of amides is 1. The number of carbonyl (C=O) groups is 1. The van der Waals surface area contributed by atoms with Crippen LogP contribution in [-0.4, -0.2) is 23.9 Å². The van der Waals surface area contributed by atoms with Crippen molar-refractivity contribution >= 4 is 17.5 Å². The molecule has 4 heteroatoms. The van der Waals surface area contributed by atoms with Gasteiger partial charge in [0.15, 0.2) is 0 Å². The van der Waals surface area contributed by atoms with Gasteiger partial charge in [-0.2, -0.15) is 0 Å². The van der Waals surface area contributed by atoms with E-state index in [0.29, 0.717) is 11.4 Å². The van der Waals surface area contributed by atoms with Crippen LogP contribution in [0.4, 0.5) is 0 Å². The van der Waals surface area contributed by atoms with Crippen molar-refractivity contribution in [1.82, 2.24) is 4.90 Å². The number of hydrogen-bond donors (Lipinski definition) is 1. The third-order valence-corrected chi connectivity index (χ3v) is 3.85. The Morgan fingerprint density at radius 1 is 1.38 bits per heavy atom. The fourth-order valence-electron chi connectivity index (χ4n) is 2.43. The molecule has 0 aliphatic heterocycles. The summed E-state index contributed by atoms with van der Waals surface area (Å²) in [6.07, 6.45) is 1.21. The molecule has 0 aliphatic rings. The smallest absolute Gasteiger partial charge is 0.224 e. The highest BCUT2D eigenvalue weighted by molar-refractivity contribution is 6.30. The molecule has 2 unspecified atom stereocenters. The zero-order valence-electron chi connectivity index (χ0n) is 13.7. The summed E-state index contributed by atoms with van der Waals surface area (Å²) in [5.74, 6) is 0.0687. The number of nitrogens with zero attached hydrogens (tertiary/aromatic N) is 1. The topological polar surface area (TPSA) is 46.3 Å². The second-order valence-corrected chi connectivity index (χ2v) is 7.40. The van der Waals surface area contributed by atoms with Crippen molar-refractivity contribution in [3.8, 4) is 0 Å². The molecule has 0 aliphatic carbocycles. The minimum atomic E-state index is -0.105. The molecule has 1 rings (SSSR count). The lowest BCUT2D eigenvalue weighted by molar-refractivity contribution is -0.132. The molecule has 2 N–H and O–H groups in total. The van der Waals surface area contributed by atoms with Gasteiger partial charge in [-0.3, -0.25) is 4.79 Å². The minimum Gasteiger partial charge on any atom is -0.339 e. The molecule has 118 valence electrons.